The predicted octanol–water partition coefficient (Wildman–Crippen LogP) is 4.07. The van der Waals surface area contributed by atoms with Gasteiger partial charge in [-0.25, -0.2) is 9.48 Å². The van der Waals surface area contributed by atoms with Crippen LogP contribution < -0.4 is 5.32 Å². The first-order valence-electron chi connectivity index (χ1n) is 9.70. The third-order valence-electron chi connectivity index (χ3n) is 5.30. The molecule has 0 aliphatic heterocycles. The normalized spacial score (nSPS) is 20.4. The lowest BCUT2D eigenvalue weighted by atomic mass is 9.86. The highest BCUT2D eigenvalue weighted by Crippen LogP contribution is 2.26. The van der Waals surface area contributed by atoms with Crippen molar-refractivity contribution in [3.05, 3.63) is 46.7 Å². The third-order valence-corrected chi connectivity index (χ3v) is 5.65. The van der Waals surface area contributed by atoms with E-state index in [2.05, 4.69) is 17.3 Å². The van der Waals surface area contributed by atoms with Crippen LogP contribution in [0.5, 0.6) is 0 Å². The van der Waals surface area contributed by atoms with Gasteiger partial charge in [0.05, 0.1) is 11.4 Å². The number of carbonyl (C=O) groups is 2. The first kappa shape index (κ1) is 20.4. The number of amides is 1. The van der Waals surface area contributed by atoms with E-state index in [4.69, 9.17) is 16.3 Å². The molecule has 0 saturated heterocycles. The number of nitrogens with zero attached hydrogens (tertiary/aromatic N) is 2. The molecule has 6 nitrogen and oxygen atoms in total. The molecule has 28 heavy (non-hydrogen) atoms. The minimum atomic E-state index is -0.905. The molecule has 1 aliphatic rings. The summed E-state index contributed by atoms with van der Waals surface area (Å²) in [5, 5.41) is 7.52. The van der Waals surface area contributed by atoms with Gasteiger partial charge >= 0.3 is 5.97 Å². The number of hydrogen-bond acceptors (Lipinski definition) is 4. The van der Waals surface area contributed by atoms with Crippen molar-refractivity contribution in [2.24, 2.45) is 5.92 Å². The Morgan fingerprint density at radius 3 is 2.61 bits per heavy atom. The summed E-state index contributed by atoms with van der Waals surface area (Å²) < 4.78 is 6.89. The Balaban J connectivity index is 1.69. The zero-order valence-electron chi connectivity index (χ0n) is 16.4. The number of carbonyl (C=O) groups excluding carboxylic acids is 2. The molecular weight excluding hydrogens is 378 g/mol. The maximum Gasteiger partial charge on any atom is 0.344 e. The third kappa shape index (κ3) is 4.38. The van der Waals surface area contributed by atoms with E-state index < -0.39 is 12.1 Å². The molecule has 3 atom stereocenters. The second kappa shape index (κ2) is 8.78. The number of aromatic nitrogens is 2. The van der Waals surface area contributed by atoms with Gasteiger partial charge in [-0.1, -0.05) is 49.6 Å². The fourth-order valence-corrected chi connectivity index (χ4v) is 3.92. The average molecular weight is 404 g/mol. The monoisotopic (exact) mass is 403 g/mol. The first-order chi connectivity index (χ1) is 13.4. The molecule has 1 aromatic heterocycles. The Hall–Kier alpha value is -2.34. The standard InChI is InChI=1S/C21H26ClN3O3/c1-13-9-7-8-12-17(13)23-20(26)15(3)28-21(27)18-14(2)24-25(19(18)22)16-10-5-4-6-11-16/h4-6,10-11,13,15,17H,7-9,12H2,1-3H3,(H,23,26)/t13-,15-,17+/m0/s1. The SMILES string of the molecule is Cc1nn(-c2ccccc2)c(Cl)c1C(=O)O[C@@H](C)C(=O)N[C@@H]1CCCC[C@@H]1C. The zero-order chi connectivity index (χ0) is 20.3. The second-order valence-corrected chi connectivity index (χ2v) is 7.78. The van der Waals surface area contributed by atoms with Gasteiger partial charge in [-0.05, 0) is 44.7 Å². The number of esters is 1. The molecule has 0 bridgehead atoms. The number of para-hydroxylation sites is 1. The van der Waals surface area contributed by atoms with Gasteiger partial charge in [-0.3, -0.25) is 4.79 Å². The van der Waals surface area contributed by atoms with E-state index in [0.717, 1.165) is 24.9 Å². The molecule has 0 radical (unpaired) electrons. The van der Waals surface area contributed by atoms with E-state index in [0.29, 0.717) is 11.6 Å². The summed E-state index contributed by atoms with van der Waals surface area (Å²) >= 11 is 6.40. The number of ether oxygens (including phenoxy) is 1. The van der Waals surface area contributed by atoms with Crippen LogP contribution in [-0.2, 0) is 9.53 Å². The van der Waals surface area contributed by atoms with Gasteiger partial charge in [-0.15, -0.1) is 0 Å². The second-order valence-electron chi connectivity index (χ2n) is 7.42. The van der Waals surface area contributed by atoms with E-state index in [-0.39, 0.29) is 22.7 Å². The van der Waals surface area contributed by atoms with Crippen molar-refractivity contribution in [1.82, 2.24) is 15.1 Å². The molecule has 150 valence electrons. The van der Waals surface area contributed by atoms with E-state index >= 15 is 0 Å². The quantitative estimate of drug-likeness (QED) is 0.763. The summed E-state index contributed by atoms with van der Waals surface area (Å²) in [6.45, 7) is 5.41. The van der Waals surface area contributed by atoms with Crippen molar-refractivity contribution >= 4 is 23.5 Å². The van der Waals surface area contributed by atoms with Crippen LogP contribution in [0.2, 0.25) is 5.15 Å². The van der Waals surface area contributed by atoms with Crippen LogP contribution in [0.1, 0.15) is 55.6 Å². The topological polar surface area (TPSA) is 73.2 Å². The van der Waals surface area contributed by atoms with Crippen molar-refractivity contribution in [1.29, 1.82) is 0 Å². The van der Waals surface area contributed by atoms with E-state index in [1.54, 1.807) is 13.8 Å². The smallest absolute Gasteiger partial charge is 0.344 e. The Morgan fingerprint density at radius 2 is 1.93 bits per heavy atom. The number of hydrogen-bond donors (Lipinski definition) is 1. The molecule has 3 rings (SSSR count). The number of rotatable bonds is 5. The molecular formula is C21H26ClN3O3. The zero-order valence-corrected chi connectivity index (χ0v) is 17.2. The van der Waals surface area contributed by atoms with Gasteiger partial charge in [0.2, 0.25) is 0 Å². The van der Waals surface area contributed by atoms with Gasteiger partial charge in [0.15, 0.2) is 6.10 Å². The van der Waals surface area contributed by atoms with Crippen LogP contribution in [-0.4, -0.2) is 33.8 Å². The van der Waals surface area contributed by atoms with E-state index in [1.165, 1.54) is 11.1 Å². The largest absolute Gasteiger partial charge is 0.449 e. The van der Waals surface area contributed by atoms with Gasteiger partial charge < -0.3 is 10.1 Å². The lowest BCUT2D eigenvalue weighted by Gasteiger charge is -2.30. The fourth-order valence-electron chi connectivity index (χ4n) is 3.58. The molecule has 7 heteroatoms. The van der Waals surface area contributed by atoms with Crippen LogP contribution in [0.3, 0.4) is 0 Å². The van der Waals surface area contributed by atoms with Gasteiger partial charge in [-0.2, -0.15) is 5.10 Å². The summed E-state index contributed by atoms with van der Waals surface area (Å²) in [7, 11) is 0. The Morgan fingerprint density at radius 1 is 1.25 bits per heavy atom. The lowest BCUT2D eigenvalue weighted by Crippen LogP contribution is -2.46. The lowest BCUT2D eigenvalue weighted by molar-refractivity contribution is -0.130. The van der Waals surface area contributed by atoms with Crippen molar-refractivity contribution in [3.63, 3.8) is 0 Å². The molecule has 0 spiro atoms. The molecule has 0 unspecified atom stereocenters. The van der Waals surface area contributed by atoms with Gasteiger partial charge in [0, 0.05) is 6.04 Å². The fraction of sp³-hybridized carbons (Fsp3) is 0.476. The Labute approximate surface area is 170 Å². The van der Waals surface area contributed by atoms with Crippen LogP contribution in [0, 0.1) is 12.8 Å². The Bertz CT molecular complexity index is 850. The van der Waals surface area contributed by atoms with Crippen LogP contribution in [0.25, 0.3) is 5.69 Å². The molecule has 1 saturated carbocycles. The number of aryl methyl sites for hydroxylation is 1. The maximum absolute atomic E-state index is 12.7. The highest BCUT2D eigenvalue weighted by molar-refractivity contribution is 6.33. The average Bonchev–Trinajstić information content (AvgIpc) is 2.98. The molecule has 1 heterocycles. The predicted molar refractivity (Wildman–Crippen MR) is 108 cm³/mol. The minimum Gasteiger partial charge on any atom is -0.449 e. The molecule has 1 aromatic carbocycles. The van der Waals surface area contributed by atoms with Crippen molar-refractivity contribution in [3.8, 4) is 5.69 Å². The number of benzene rings is 1. The van der Waals surface area contributed by atoms with Crippen LogP contribution >= 0.6 is 11.6 Å². The maximum atomic E-state index is 12.7. The summed E-state index contributed by atoms with van der Waals surface area (Å²) in [5.41, 5.74) is 1.37. The minimum absolute atomic E-state index is 0.133. The van der Waals surface area contributed by atoms with E-state index in [1.807, 2.05) is 30.3 Å². The number of halogens is 1. The van der Waals surface area contributed by atoms with Crippen LogP contribution in [0.15, 0.2) is 30.3 Å². The molecule has 1 fully saturated rings. The van der Waals surface area contributed by atoms with Crippen LogP contribution in [0.4, 0.5) is 0 Å². The van der Waals surface area contributed by atoms with Gasteiger partial charge in [0.25, 0.3) is 5.91 Å². The van der Waals surface area contributed by atoms with E-state index in [9.17, 15) is 9.59 Å². The molecule has 1 amide bonds. The molecule has 1 aliphatic carbocycles. The summed E-state index contributed by atoms with van der Waals surface area (Å²) in [4.78, 5) is 25.1. The van der Waals surface area contributed by atoms with Crippen molar-refractivity contribution in [2.45, 2.75) is 58.6 Å². The summed E-state index contributed by atoms with van der Waals surface area (Å²) in [6, 6.07) is 9.42. The van der Waals surface area contributed by atoms with Crippen molar-refractivity contribution in [2.75, 3.05) is 0 Å². The van der Waals surface area contributed by atoms with Crippen molar-refractivity contribution < 1.29 is 14.3 Å². The summed E-state index contributed by atoms with van der Waals surface area (Å²) in [6.07, 6.45) is 3.46. The van der Waals surface area contributed by atoms with Gasteiger partial charge in [0.1, 0.15) is 10.7 Å². The molecule has 2 aromatic rings. The first-order valence-corrected chi connectivity index (χ1v) is 10.1. The molecule has 1 N–H and O–H groups in total. The highest BCUT2D eigenvalue weighted by atomic mass is 35.5. The number of nitrogens with one attached hydrogen (secondary N) is 1. The Kier molecular flexibility index (Phi) is 6.39. The summed E-state index contributed by atoms with van der Waals surface area (Å²) in [5.74, 6) is -0.498. The highest BCUT2D eigenvalue weighted by Gasteiger charge is 2.29.